The highest BCUT2D eigenvalue weighted by atomic mass is 32.2. The Hall–Kier alpha value is -0.0000000000000000555. The van der Waals surface area contributed by atoms with Gasteiger partial charge in [-0.15, -0.1) is 0 Å². The Morgan fingerprint density at radius 3 is 2.53 bits per heavy atom. The summed E-state index contributed by atoms with van der Waals surface area (Å²) in [6, 6.07) is 0. The first kappa shape index (κ1) is 15.0. The normalized spacial score (nSPS) is 12.5. The van der Waals surface area contributed by atoms with E-state index in [0.29, 0.717) is 19.0 Å². The van der Waals surface area contributed by atoms with Gasteiger partial charge in [-0.3, -0.25) is 9.59 Å². The molecule has 0 heterocycles. The van der Waals surface area contributed by atoms with Crippen LogP contribution in [0, 0.1) is 5.92 Å². The molecule has 0 saturated carbocycles. The van der Waals surface area contributed by atoms with Crippen molar-refractivity contribution in [3.05, 3.63) is 0 Å². The van der Waals surface area contributed by atoms with E-state index in [9.17, 15) is 9.59 Å². The number of hydrogen-bond acceptors (Lipinski definition) is 5. The Balaban J connectivity index is 3.37. The minimum atomic E-state index is -0.103. The fourth-order valence-corrected chi connectivity index (χ4v) is 1.81. The van der Waals surface area contributed by atoms with Gasteiger partial charge in [0.05, 0.1) is 6.61 Å². The van der Waals surface area contributed by atoms with E-state index in [0.717, 1.165) is 12.2 Å². The number of carbonyl (C=O) groups excluding carboxylic acids is 2. The largest absolute Gasteiger partial charge is 0.381 e. The van der Waals surface area contributed by atoms with Gasteiger partial charge in [0, 0.05) is 31.0 Å². The number of carbonyl (C=O) groups is 2. The van der Waals surface area contributed by atoms with Crippen LogP contribution >= 0.6 is 24.4 Å². The first-order valence-corrected chi connectivity index (χ1v) is 6.52. The van der Waals surface area contributed by atoms with Crippen molar-refractivity contribution in [3.63, 3.8) is 0 Å². The van der Waals surface area contributed by atoms with Gasteiger partial charge < -0.3 is 4.74 Å². The Labute approximate surface area is 101 Å². The van der Waals surface area contributed by atoms with E-state index in [2.05, 4.69) is 12.6 Å². The summed E-state index contributed by atoms with van der Waals surface area (Å²) in [5, 5.41) is 0.131. The molecule has 0 fully saturated rings. The van der Waals surface area contributed by atoms with Gasteiger partial charge in [0.25, 0.3) is 0 Å². The number of Topliss-reactive ketones (excluding diaryl/α,β-unsaturated/α-hetero) is 1. The van der Waals surface area contributed by atoms with Gasteiger partial charge in [-0.2, -0.15) is 12.6 Å². The number of thioether (sulfide) groups is 1. The standard InChI is InChI=1S/C10H18O3S2/c1-8(11)10(7-14)6-13-4-3-5-15-9(2)12/h10,14H,3-7H2,1-2H3. The molecular weight excluding hydrogens is 232 g/mol. The fraction of sp³-hybridized carbons (Fsp3) is 0.800. The minimum Gasteiger partial charge on any atom is -0.381 e. The number of hydrogen-bond donors (Lipinski definition) is 1. The average molecular weight is 250 g/mol. The van der Waals surface area contributed by atoms with Crippen molar-refractivity contribution < 1.29 is 14.3 Å². The molecule has 3 nitrogen and oxygen atoms in total. The van der Waals surface area contributed by atoms with Crippen LogP contribution in [0.4, 0.5) is 0 Å². The van der Waals surface area contributed by atoms with Gasteiger partial charge in [0.2, 0.25) is 0 Å². The SMILES string of the molecule is CC(=O)SCCCOCC(CS)C(C)=O. The molecule has 0 rings (SSSR count). The summed E-state index contributed by atoms with van der Waals surface area (Å²) in [6.07, 6.45) is 0.835. The highest BCUT2D eigenvalue weighted by molar-refractivity contribution is 8.13. The van der Waals surface area contributed by atoms with Crippen molar-refractivity contribution in [2.24, 2.45) is 5.92 Å². The monoisotopic (exact) mass is 250 g/mol. The van der Waals surface area contributed by atoms with Gasteiger partial charge in [-0.25, -0.2) is 0 Å². The zero-order chi connectivity index (χ0) is 11.7. The molecule has 0 aromatic rings. The molecule has 0 bridgehead atoms. The zero-order valence-corrected chi connectivity index (χ0v) is 10.9. The van der Waals surface area contributed by atoms with E-state index in [4.69, 9.17) is 4.74 Å². The lowest BCUT2D eigenvalue weighted by molar-refractivity contribution is -0.121. The smallest absolute Gasteiger partial charge is 0.185 e. The van der Waals surface area contributed by atoms with Crippen molar-refractivity contribution >= 4 is 35.3 Å². The maximum atomic E-state index is 11.0. The second kappa shape index (κ2) is 9.24. The van der Waals surface area contributed by atoms with Crippen LogP contribution in [0.5, 0.6) is 0 Å². The summed E-state index contributed by atoms with van der Waals surface area (Å²) in [5.74, 6) is 1.32. The van der Waals surface area contributed by atoms with Crippen LogP contribution in [-0.2, 0) is 14.3 Å². The zero-order valence-electron chi connectivity index (χ0n) is 9.19. The second-order valence-electron chi connectivity index (χ2n) is 3.26. The highest BCUT2D eigenvalue weighted by Crippen LogP contribution is 2.05. The molecule has 88 valence electrons. The van der Waals surface area contributed by atoms with Gasteiger partial charge in [0.15, 0.2) is 5.12 Å². The van der Waals surface area contributed by atoms with Crippen LogP contribution < -0.4 is 0 Å². The predicted octanol–water partition coefficient (Wildman–Crippen LogP) is 1.81. The Morgan fingerprint density at radius 2 is 2.07 bits per heavy atom. The molecule has 0 aromatic carbocycles. The van der Waals surface area contributed by atoms with Gasteiger partial charge in [-0.1, -0.05) is 11.8 Å². The molecule has 5 heteroatoms. The molecule has 0 saturated heterocycles. The van der Waals surface area contributed by atoms with Crippen molar-refractivity contribution in [3.8, 4) is 0 Å². The predicted molar refractivity (Wildman–Crippen MR) is 66.6 cm³/mol. The summed E-state index contributed by atoms with van der Waals surface area (Å²) in [7, 11) is 0. The van der Waals surface area contributed by atoms with Crippen molar-refractivity contribution in [2.45, 2.75) is 20.3 Å². The van der Waals surface area contributed by atoms with Gasteiger partial charge >= 0.3 is 0 Å². The van der Waals surface area contributed by atoms with Crippen LogP contribution in [0.25, 0.3) is 0 Å². The summed E-state index contributed by atoms with van der Waals surface area (Å²) >= 11 is 5.38. The summed E-state index contributed by atoms with van der Waals surface area (Å²) in [4.78, 5) is 21.6. The topological polar surface area (TPSA) is 43.4 Å². The molecule has 0 aromatic heterocycles. The van der Waals surface area contributed by atoms with Gasteiger partial charge in [-0.05, 0) is 13.3 Å². The second-order valence-corrected chi connectivity index (χ2v) is 4.90. The maximum absolute atomic E-state index is 11.0. The fourth-order valence-electron chi connectivity index (χ4n) is 0.901. The summed E-state index contributed by atoms with van der Waals surface area (Å²) in [5.41, 5.74) is 0. The van der Waals surface area contributed by atoms with Crippen molar-refractivity contribution in [1.29, 1.82) is 0 Å². The third-order valence-corrected chi connectivity index (χ3v) is 3.19. The molecule has 0 N–H and O–H groups in total. The molecule has 0 radical (unpaired) electrons. The number of ether oxygens (including phenoxy) is 1. The van der Waals surface area contributed by atoms with Crippen molar-refractivity contribution in [1.82, 2.24) is 0 Å². The highest BCUT2D eigenvalue weighted by Gasteiger charge is 2.11. The first-order valence-electron chi connectivity index (χ1n) is 4.90. The minimum absolute atomic E-state index is 0.103. The Morgan fingerprint density at radius 1 is 1.40 bits per heavy atom. The molecule has 0 spiro atoms. The van der Waals surface area contributed by atoms with E-state index in [1.54, 1.807) is 13.8 Å². The first-order chi connectivity index (χ1) is 7.07. The third-order valence-electron chi connectivity index (χ3n) is 1.85. The van der Waals surface area contributed by atoms with E-state index in [1.807, 2.05) is 0 Å². The molecule has 0 aliphatic heterocycles. The van der Waals surface area contributed by atoms with Gasteiger partial charge in [0.1, 0.15) is 5.78 Å². The lowest BCUT2D eigenvalue weighted by Crippen LogP contribution is -2.19. The summed E-state index contributed by atoms with van der Waals surface area (Å²) in [6.45, 7) is 4.13. The lowest BCUT2D eigenvalue weighted by atomic mass is 10.1. The van der Waals surface area contributed by atoms with Crippen LogP contribution in [0.15, 0.2) is 0 Å². The lowest BCUT2D eigenvalue weighted by Gasteiger charge is -2.10. The molecule has 1 atom stereocenters. The number of rotatable bonds is 8. The average Bonchev–Trinajstić information content (AvgIpc) is 2.15. The van der Waals surface area contributed by atoms with Crippen LogP contribution in [-0.4, -0.2) is 35.6 Å². The van der Waals surface area contributed by atoms with Crippen LogP contribution in [0.2, 0.25) is 0 Å². The van der Waals surface area contributed by atoms with E-state index >= 15 is 0 Å². The number of ketones is 1. The summed E-state index contributed by atoms with van der Waals surface area (Å²) < 4.78 is 5.34. The maximum Gasteiger partial charge on any atom is 0.185 e. The third kappa shape index (κ3) is 8.96. The van der Waals surface area contributed by atoms with Crippen LogP contribution in [0.3, 0.4) is 0 Å². The molecule has 15 heavy (non-hydrogen) atoms. The quantitative estimate of drug-likeness (QED) is 0.527. The van der Waals surface area contributed by atoms with E-state index < -0.39 is 0 Å². The molecule has 0 amide bonds. The molecule has 0 aliphatic rings. The Kier molecular flexibility index (Phi) is 9.24. The van der Waals surface area contributed by atoms with E-state index in [-0.39, 0.29) is 16.8 Å². The Bertz CT molecular complexity index is 207. The van der Waals surface area contributed by atoms with E-state index in [1.165, 1.54) is 11.8 Å². The molecule has 1 unspecified atom stereocenters. The molecule has 0 aliphatic carbocycles. The van der Waals surface area contributed by atoms with Crippen LogP contribution in [0.1, 0.15) is 20.3 Å². The van der Waals surface area contributed by atoms with Crippen molar-refractivity contribution in [2.75, 3.05) is 24.7 Å². The number of thiol groups is 1. The molecular formula is C10H18O3S2.